The summed E-state index contributed by atoms with van der Waals surface area (Å²) in [7, 11) is 5.19. The number of carbonyl (C=O) groups is 1. The monoisotopic (exact) mass is 463 g/mol. The summed E-state index contributed by atoms with van der Waals surface area (Å²) in [5, 5.41) is 0. The second-order valence-electron chi connectivity index (χ2n) is 7.50. The van der Waals surface area contributed by atoms with Crippen LogP contribution in [0, 0.1) is 6.92 Å². The number of methoxy groups -OCH3 is 2. The largest absolute Gasteiger partial charge is 0.493 e. The van der Waals surface area contributed by atoms with Crippen molar-refractivity contribution >= 4 is 21.9 Å². The molecule has 0 radical (unpaired) electrons. The lowest BCUT2D eigenvalue weighted by Crippen LogP contribution is -2.55. The molecule has 3 aliphatic rings. The van der Waals surface area contributed by atoms with Crippen LogP contribution < -0.4 is 9.47 Å². The van der Waals surface area contributed by atoms with Gasteiger partial charge in [0.15, 0.2) is 11.5 Å². The maximum Gasteiger partial charge on any atom is 0.337 e. The maximum atomic E-state index is 12.5. The SMILES string of the molecule is CC.COC(=O)C1=CC=C2C(C)N(C)CC[C@]23c2c(C)c(Br)cc(OC)c2O[C@H]13. The number of ether oxygens (including phenoxy) is 3. The summed E-state index contributed by atoms with van der Waals surface area (Å²) < 4.78 is 18.1. The summed E-state index contributed by atoms with van der Waals surface area (Å²) in [5.74, 6) is 1.08. The summed E-state index contributed by atoms with van der Waals surface area (Å²) in [4.78, 5) is 14.9. The van der Waals surface area contributed by atoms with E-state index in [-0.39, 0.29) is 17.4 Å². The standard InChI is InChI=1S/C21H24BrNO4.C2H6/c1-11-15(22)10-16(25-4)18-17(11)21-8-9-23(3)12(2)14(21)7-6-13(19(21)27-18)20(24)26-5;1-2/h6-7,10,12,19H,8-9H2,1-5H3;1-2H3/t12?,19-,21-;/m1./s1. The van der Waals surface area contributed by atoms with Gasteiger partial charge in [0.1, 0.15) is 6.10 Å². The van der Waals surface area contributed by atoms with E-state index in [1.807, 2.05) is 26.0 Å². The number of benzene rings is 1. The number of nitrogens with zero attached hydrogens (tertiary/aromatic N) is 1. The first-order chi connectivity index (χ1) is 13.9. The van der Waals surface area contributed by atoms with Gasteiger partial charge in [-0.15, -0.1) is 0 Å². The van der Waals surface area contributed by atoms with Crippen LogP contribution in [0.1, 0.15) is 38.3 Å². The Morgan fingerprint density at radius 1 is 1.31 bits per heavy atom. The zero-order valence-corrected chi connectivity index (χ0v) is 19.8. The van der Waals surface area contributed by atoms with Gasteiger partial charge in [0.2, 0.25) is 0 Å². The van der Waals surface area contributed by atoms with Crippen LogP contribution in [0.3, 0.4) is 0 Å². The Hall–Kier alpha value is -1.79. The first-order valence-corrected chi connectivity index (χ1v) is 10.9. The van der Waals surface area contributed by atoms with Gasteiger partial charge in [0, 0.05) is 16.1 Å². The minimum Gasteiger partial charge on any atom is -0.493 e. The molecule has 1 unspecified atom stereocenters. The van der Waals surface area contributed by atoms with Crippen molar-refractivity contribution in [1.82, 2.24) is 4.90 Å². The van der Waals surface area contributed by atoms with Crippen LogP contribution in [-0.2, 0) is 14.9 Å². The van der Waals surface area contributed by atoms with E-state index in [9.17, 15) is 4.79 Å². The van der Waals surface area contributed by atoms with Crippen LogP contribution in [0.4, 0.5) is 0 Å². The fourth-order valence-electron chi connectivity index (χ4n) is 4.89. The third-order valence-electron chi connectivity index (χ3n) is 6.42. The van der Waals surface area contributed by atoms with Crippen molar-refractivity contribution in [3.63, 3.8) is 0 Å². The van der Waals surface area contributed by atoms with E-state index >= 15 is 0 Å². The van der Waals surface area contributed by atoms with Crippen molar-refractivity contribution in [1.29, 1.82) is 0 Å². The van der Waals surface area contributed by atoms with Crippen molar-refractivity contribution in [3.05, 3.63) is 45.0 Å². The molecule has 2 heterocycles. The van der Waals surface area contributed by atoms with Gasteiger partial charge in [0.05, 0.1) is 25.2 Å². The Balaban J connectivity index is 0.00000117. The smallest absolute Gasteiger partial charge is 0.337 e. The van der Waals surface area contributed by atoms with Gasteiger partial charge in [-0.2, -0.15) is 0 Å². The minimum absolute atomic E-state index is 0.246. The average Bonchev–Trinajstić information content (AvgIpc) is 3.09. The molecule has 1 aromatic carbocycles. The van der Waals surface area contributed by atoms with Crippen molar-refractivity contribution in [2.75, 3.05) is 27.8 Å². The van der Waals surface area contributed by atoms with Crippen molar-refractivity contribution in [2.24, 2.45) is 0 Å². The molecule has 1 fully saturated rings. The number of hydrogen-bond donors (Lipinski definition) is 0. The molecular formula is C23H30BrNO4. The number of halogens is 1. The molecule has 3 atom stereocenters. The molecule has 0 saturated carbocycles. The van der Waals surface area contributed by atoms with Gasteiger partial charge in [-0.05, 0) is 57.1 Å². The Labute approximate surface area is 181 Å². The molecule has 158 valence electrons. The van der Waals surface area contributed by atoms with Crippen LogP contribution in [0.15, 0.2) is 33.8 Å². The zero-order chi connectivity index (χ0) is 21.5. The van der Waals surface area contributed by atoms with Crippen LogP contribution in [0.2, 0.25) is 0 Å². The molecule has 0 N–H and O–H groups in total. The van der Waals surface area contributed by atoms with Gasteiger partial charge in [-0.25, -0.2) is 4.79 Å². The zero-order valence-electron chi connectivity index (χ0n) is 18.3. The molecule has 1 saturated heterocycles. The van der Waals surface area contributed by atoms with Crippen molar-refractivity contribution < 1.29 is 19.0 Å². The number of rotatable bonds is 2. The molecule has 0 amide bonds. The van der Waals surface area contributed by atoms with Gasteiger partial charge in [-0.3, -0.25) is 4.90 Å². The second kappa shape index (κ2) is 8.15. The highest BCUT2D eigenvalue weighted by atomic mass is 79.9. The fourth-order valence-corrected chi connectivity index (χ4v) is 5.29. The number of hydrogen-bond acceptors (Lipinski definition) is 5. The van der Waals surface area contributed by atoms with Crippen LogP contribution >= 0.6 is 15.9 Å². The van der Waals surface area contributed by atoms with Crippen molar-refractivity contribution in [2.45, 2.75) is 51.7 Å². The number of carbonyl (C=O) groups excluding carboxylic acids is 1. The van der Waals surface area contributed by atoms with E-state index in [0.717, 1.165) is 34.3 Å². The Bertz CT molecular complexity index is 891. The number of esters is 1. The topological polar surface area (TPSA) is 48.0 Å². The Kier molecular flexibility index (Phi) is 6.16. The summed E-state index contributed by atoms with van der Waals surface area (Å²) in [6, 6.07) is 2.18. The first kappa shape index (κ1) is 21.9. The number of allylic oxidation sites excluding steroid dienone is 2. The molecule has 1 aromatic rings. The average molecular weight is 464 g/mol. The maximum absolute atomic E-state index is 12.5. The number of likely N-dealkylation sites (tertiary alicyclic amines) is 1. The highest BCUT2D eigenvalue weighted by Gasteiger charge is 2.59. The first-order valence-electron chi connectivity index (χ1n) is 10.1. The number of fused-ring (bicyclic) bond motifs is 1. The van der Waals surface area contributed by atoms with E-state index in [4.69, 9.17) is 14.2 Å². The predicted octanol–water partition coefficient (Wildman–Crippen LogP) is 4.55. The highest BCUT2D eigenvalue weighted by molar-refractivity contribution is 9.10. The lowest BCUT2D eigenvalue weighted by molar-refractivity contribution is -0.137. The fraction of sp³-hybridized carbons (Fsp3) is 0.522. The molecule has 4 rings (SSSR count). The van der Waals surface area contributed by atoms with Crippen LogP contribution in [0.25, 0.3) is 0 Å². The molecule has 1 aliphatic carbocycles. The van der Waals surface area contributed by atoms with Gasteiger partial charge < -0.3 is 14.2 Å². The molecule has 0 bridgehead atoms. The summed E-state index contributed by atoms with van der Waals surface area (Å²) in [5.41, 5.74) is 3.70. The van der Waals surface area contributed by atoms with E-state index in [1.54, 1.807) is 7.11 Å². The normalized spacial score (nSPS) is 27.2. The van der Waals surface area contributed by atoms with E-state index in [0.29, 0.717) is 11.3 Å². The van der Waals surface area contributed by atoms with Crippen LogP contribution in [-0.4, -0.2) is 50.8 Å². The molecule has 0 aromatic heterocycles. The second-order valence-corrected chi connectivity index (χ2v) is 8.36. The predicted molar refractivity (Wildman–Crippen MR) is 118 cm³/mol. The van der Waals surface area contributed by atoms with Gasteiger partial charge in [-0.1, -0.05) is 35.9 Å². The molecule has 1 spiro atoms. The molecule has 6 heteroatoms. The lowest BCUT2D eigenvalue weighted by Gasteiger charge is -2.49. The van der Waals surface area contributed by atoms with E-state index in [1.165, 1.54) is 12.7 Å². The molecule has 5 nitrogen and oxygen atoms in total. The van der Waals surface area contributed by atoms with Crippen molar-refractivity contribution in [3.8, 4) is 11.5 Å². The quantitative estimate of drug-likeness (QED) is 0.601. The third-order valence-corrected chi connectivity index (χ3v) is 7.25. The van der Waals surface area contributed by atoms with E-state index in [2.05, 4.69) is 47.8 Å². The minimum atomic E-state index is -0.405. The Morgan fingerprint density at radius 3 is 2.62 bits per heavy atom. The summed E-state index contributed by atoms with van der Waals surface area (Å²) in [6.07, 6.45) is 4.42. The molecular weight excluding hydrogens is 434 g/mol. The number of piperidine rings is 1. The number of likely N-dealkylation sites (N-methyl/N-ethyl adjacent to an activating group) is 1. The van der Waals surface area contributed by atoms with Gasteiger partial charge in [0.25, 0.3) is 0 Å². The molecule has 2 aliphatic heterocycles. The molecule has 29 heavy (non-hydrogen) atoms. The van der Waals surface area contributed by atoms with Crippen LogP contribution in [0.5, 0.6) is 11.5 Å². The summed E-state index contributed by atoms with van der Waals surface area (Å²) >= 11 is 3.68. The van der Waals surface area contributed by atoms with Gasteiger partial charge >= 0.3 is 5.97 Å². The lowest BCUT2D eigenvalue weighted by atomic mass is 9.60. The summed E-state index contributed by atoms with van der Waals surface area (Å²) in [6.45, 7) is 9.23. The van der Waals surface area contributed by atoms with E-state index < -0.39 is 6.10 Å². The third kappa shape index (κ3) is 3.03. The highest BCUT2D eigenvalue weighted by Crippen LogP contribution is 2.60. The Morgan fingerprint density at radius 2 is 2.00 bits per heavy atom.